The quantitative estimate of drug-likeness (QED) is 0.382. The highest BCUT2D eigenvalue weighted by Crippen LogP contribution is 2.68. The molecule has 4 aromatic rings. The zero-order chi connectivity index (χ0) is 25.9. The number of likely N-dealkylation sites (tertiary alicyclic amines) is 1. The number of hydrogen-bond acceptors (Lipinski definition) is 5. The van der Waals surface area contributed by atoms with Crippen LogP contribution in [-0.4, -0.2) is 46.8 Å². The maximum absolute atomic E-state index is 13.0. The maximum Gasteiger partial charge on any atom is 0.166 e. The fraction of sp³-hybridized carbons (Fsp3) is 0.382. The van der Waals surface area contributed by atoms with Gasteiger partial charge in [0.05, 0.1) is 29.3 Å². The number of benzene rings is 3. The minimum absolute atomic E-state index is 0.0734. The fourth-order valence-corrected chi connectivity index (χ4v) is 8.57. The molecule has 4 atom stereocenters. The van der Waals surface area contributed by atoms with E-state index < -0.39 is 11.0 Å². The second-order valence-electron chi connectivity index (χ2n) is 12.4. The van der Waals surface area contributed by atoms with Gasteiger partial charge in [-0.3, -0.25) is 4.90 Å². The zero-order valence-corrected chi connectivity index (χ0v) is 22.2. The Balaban J connectivity index is 1.29. The van der Waals surface area contributed by atoms with E-state index in [9.17, 15) is 5.11 Å². The van der Waals surface area contributed by atoms with Crippen LogP contribution in [0.5, 0.6) is 11.5 Å². The third-order valence-electron chi connectivity index (χ3n) is 10.5. The Labute approximate surface area is 228 Å². The molecule has 196 valence electrons. The van der Waals surface area contributed by atoms with Gasteiger partial charge in [-0.15, -0.1) is 0 Å². The van der Waals surface area contributed by atoms with Crippen LogP contribution in [0, 0.1) is 5.92 Å². The van der Waals surface area contributed by atoms with Gasteiger partial charge in [0, 0.05) is 35.5 Å². The van der Waals surface area contributed by atoms with Gasteiger partial charge in [0.25, 0.3) is 0 Å². The molecule has 39 heavy (non-hydrogen) atoms. The number of piperidine rings is 1. The van der Waals surface area contributed by atoms with Crippen LogP contribution in [0.1, 0.15) is 47.8 Å². The Bertz CT molecular complexity index is 1660. The molecule has 0 radical (unpaired) electrons. The van der Waals surface area contributed by atoms with E-state index >= 15 is 0 Å². The summed E-state index contributed by atoms with van der Waals surface area (Å²) in [5, 5.41) is 14.2. The van der Waals surface area contributed by atoms with Crippen molar-refractivity contribution in [1.29, 1.82) is 0 Å². The molecule has 2 aliphatic heterocycles. The first-order valence-corrected chi connectivity index (χ1v) is 14.4. The monoisotopic (exact) mass is 516 g/mol. The Kier molecular flexibility index (Phi) is 4.38. The number of para-hydroxylation sites is 1. The molecule has 1 spiro atoms. The largest absolute Gasteiger partial charge is 0.493 e. The number of aromatic nitrogens is 1. The van der Waals surface area contributed by atoms with Gasteiger partial charge in [0.15, 0.2) is 17.6 Å². The predicted octanol–water partition coefficient (Wildman–Crippen LogP) is 5.61. The van der Waals surface area contributed by atoms with Crippen molar-refractivity contribution < 1.29 is 14.6 Å². The summed E-state index contributed by atoms with van der Waals surface area (Å²) in [5.41, 5.74) is 6.42. The van der Waals surface area contributed by atoms with E-state index in [-0.39, 0.29) is 12.1 Å². The fourth-order valence-electron chi connectivity index (χ4n) is 8.57. The second-order valence-corrected chi connectivity index (χ2v) is 12.4. The lowest BCUT2D eigenvalue weighted by atomic mass is 9.49. The van der Waals surface area contributed by atoms with Crippen LogP contribution >= 0.6 is 0 Å². The van der Waals surface area contributed by atoms with Gasteiger partial charge in [-0.25, -0.2) is 4.98 Å². The molecular weight excluding hydrogens is 484 g/mol. The van der Waals surface area contributed by atoms with Crippen LogP contribution in [0.15, 0.2) is 66.7 Å². The number of fused-ring (bicyclic) bond motifs is 3. The molecule has 5 aliphatic rings. The lowest BCUT2D eigenvalue weighted by molar-refractivity contribution is -0.173. The van der Waals surface area contributed by atoms with E-state index in [2.05, 4.69) is 65.6 Å². The summed E-state index contributed by atoms with van der Waals surface area (Å²) in [7, 11) is 1.71. The van der Waals surface area contributed by atoms with E-state index in [1.54, 1.807) is 7.11 Å². The average molecular weight is 517 g/mol. The van der Waals surface area contributed by atoms with Crippen molar-refractivity contribution in [2.24, 2.45) is 5.92 Å². The summed E-state index contributed by atoms with van der Waals surface area (Å²) in [4.78, 5) is 8.03. The summed E-state index contributed by atoms with van der Waals surface area (Å²) >= 11 is 0. The molecule has 9 rings (SSSR count). The lowest BCUT2D eigenvalue weighted by Crippen LogP contribution is -2.74. The van der Waals surface area contributed by atoms with E-state index in [0.29, 0.717) is 6.42 Å². The molecule has 5 nitrogen and oxygen atoms in total. The van der Waals surface area contributed by atoms with E-state index in [0.717, 1.165) is 76.6 Å². The molecule has 5 heteroatoms. The third-order valence-corrected chi connectivity index (χ3v) is 10.5. The van der Waals surface area contributed by atoms with Gasteiger partial charge < -0.3 is 14.6 Å². The Morgan fingerprint density at radius 2 is 1.92 bits per heavy atom. The van der Waals surface area contributed by atoms with Crippen molar-refractivity contribution >= 4 is 10.9 Å². The van der Waals surface area contributed by atoms with Gasteiger partial charge in [-0.1, -0.05) is 54.6 Å². The Hall–Kier alpha value is -3.41. The number of ether oxygens (including phenoxy) is 2. The summed E-state index contributed by atoms with van der Waals surface area (Å²) in [5.74, 6) is 2.36. The predicted molar refractivity (Wildman–Crippen MR) is 150 cm³/mol. The highest BCUT2D eigenvalue weighted by molar-refractivity contribution is 5.94. The molecule has 2 fully saturated rings. The van der Waals surface area contributed by atoms with Crippen LogP contribution in [0.3, 0.4) is 0 Å². The molecule has 3 aromatic carbocycles. The van der Waals surface area contributed by atoms with Crippen LogP contribution in [0.25, 0.3) is 22.0 Å². The summed E-state index contributed by atoms with van der Waals surface area (Å²) in [6.07, 6.45) is 4.61. The van der Waals surface area contributed by atoms with Gasteiger partial charge in [0.2, 0.25) is 0 Å². The molecule has 3 aliphatic carbocycles. The van der Waals surface area contributed by atoms with Crippen molar-refractivity contribution in [3.63, 3.8) is 0 Å². The number of pyridine rings is 1. The van der Waals surface area contributed by atoms with Crippen molar-refractivity contribution in [2.75, 3.05) is 20.2 Å². The van der Waals surface area contributed by atoms with Crippen LogP contribution in [0.2, 0.25) is 0 Å². The van der Waals surface area contributed by atoms with Crippen molar-refractivity contribution in [3.8, 4) is 22.6 Å². The minimum Gasteiger partial charge on any atom is -0.493 e. The highest BCUT2D eigenvalue weighted by atomic mass is 16.5. The molecule has 1 N–H and O–H groups in total. The van der Waals surface area contributed by atoms with Crippen molar-refractivity contribution in [1.82, 2.24) is 9.88 Å². The van der Waals surface area contributed by atoms with Crippen LogP contribution < -0.4 is 9.47 Å². The molecule has 3 heterocycles. The Morgan fingerprint density at radius 1 is 1.05 bits per heavy atom. The first kappa shape index (κ1) is 22.4. The number of nitrogens with zero attached hydrogens (tertiary/aromatic N) is 2. The first-order chi connectivity index (χ1) is 19.1. The number of aliphatic hydroxyl groups is 1. The summed E-state index contributed by atoms with van der Waals surface area (Å²) in [6.45, 7) is 2.08. The minimum atomic E-state index is -0.922. The van der Waals surface area contributed by atoms with Crippen LogP contribution in [-0.2, 0) is 18.3 Å². The average Bonchev–Trinajstić information content (AvgIpc) is 3.70. The number of methoxy groups -OCH3 is 1. The molecule has 1 saturated heterocycles. The van der Waals surface area contributed by atoms with Crippen molar-refractivity contribution in [3.05, 3.63) is 89.1 Å². The SMILES string of the molecule is COc1ccc2c3c1OC1c4nc5c(-c6ccccc6)cccc5cc4CC4(O)[C@H](C2)N(CC2CC2)CC[C@]314. The standard InChI is InChI=1S/C34H32N2O3/c1-38-26-13-12-22-17-27-34(37)18-24-16-23-8-5-9-25(21-6-3-2-4-7-21)29(23)35-30(24)32-33(34,28(22)31(26)39-32)14-15-36(27)19-20-10-11-20/h2-9,12-13,16,20,27,32,37H,10-11,14-15,17-19H2,1H3/t27-,32?,33-,34?/m0/s1. The van der Waals surface area contributed by atoms with E-state index in [1.165, 1.54) is 24.0 Å². The Morgan fingerprint density at radius 3 is 2.74 bits per heavy atom. The van der Waals surface area contributed by atoms with Crippen LogP contribution in [0.4, 0.5) is 0 Å². The number of rotatable bonds is 4. The topological polar surface area (TPSA) is 54.8 Å². The third kappa shape index (κ3) is 2.80. The van der Waals surface area contributed by atoms with Crippen molar-refractivity contribution in [2.45, 2.75) is 55.3 Å². The van der Waals surface area contributed by atoms with Gasteiger partial charge in [-0.2, -0.15) is 0 Å². The van der Waals surface area contributed by atoms with E-state index in [4.69, 9.17) is 14.5 Å². The molecule has 2 bridgehead atoms. The highest BCUT2D eigenvalue weighted by Gasteiger charge is 2.72. The molecule has 0 amide bonds. The maximum atomic E-state index is 13.0. The van der Waals surface area contributed by atoms with E-state index in [1.807, 2.05) is 6.07 Å². The van der Waals surface area contributed by atoms with Gasteiger partial charge >= 0.3 is 0 Å². The normalized spacial score (nSPS) is 30.0. The zero-order valence-electron chi connectivity index (χ0n) is 22.2. The second kappa shape index (κ2) is 7.61. The van der Waals surface area contributed by atoms with Gasteiger partial charge in [0.1, 0.15) is 0 Å². The summed E-state index contributed by atoms with van der Waals surface area (Å²) in [6, 6.07) is 23.5. The first-order valence-electron chi connectivity index (χ1n) is 14.4. The van der Waals surface area contributed by atoms with Gasteiger partial charge in [-0.05, 0) is 67.0 Å². The smallest absolute Gasteiger partial charge is 0.166 e. The molecule has 1 saturated carbocycles. The lowest BCUT2D eigenvalue weighted by Gasteiger charge is -2.63. The molecular formula is C34H32N2O3. The molecule has 1 aromatic heterocycles. The summed E-state index contributed by atoms with van der Waals surface area (Å²) < 4.78 is 12.8. The molecule has 2 unspecified atom stereocenters. The number of hydrogen-bond donors (Lipinski definition) is 1.